The zero-order valence-corrected chi connectivity index (χ0v) is 12.0. The van der Waals surface area contributed by atoms with Gasteiger partial charge in [0.05, 0.1) is 6.61 Å². The number of rotatable bonds is 6. The lowest BCUT2D eigenvalue weighted by Gasteiger charge is -2.09. The van der Waals surface area contributed by atoms with Crippen molar-refractivity contribution >= 4 is 12.0 Å². The van der Waals surface area contributed by atoms with Crippen molar-refractivity contribution in [2.45, 2.75) is 13.5 Å². The lowest BCUT2D eigenvalue weighted by molar-refractivity contribution is -0.137. The molecule has 108 valence electrons. The van der Waals surface area contributed by atoms with E-state index in [1.54, 1.807) is 13.0 Å². The molecule has 0 aliphatic carbocycles. The van der Waals surface area contributed by atoms with Crippen LogP contribution in [0.1, 0.15) is 18.1 Å². The van der Waals surface area contributed by atoms with Gasteiger partial charge < -0.3 is 9.47 Å². The molecule has 0 heterocycles. The van der Waals surface area contributed by atoms with Crippen LogP contribution >= 0.6 is 0 Å². The fourth-order valence-corrected chi connectivity index (χ4v) is 1.83. The van der Waals surface area contributed by atoms with E-state index in [-0.39, 0.29) is 5.97 Å². The fraction of sp³-hybridized carbons (Fsp3) is 0.167. The van der Waals surface area contributed by atoms with E-state index in [1.165, 1.54) is 6.08 Å². The highest BCUT2D eigenvalue weighted by atomic mass is 16.5. The van der Waals surface area contributed by atoms with Crippen LogP contribution in [0, 0.1) is 0 Å². The first-order chi connectivity index (χ1) is 10.3. The van der Waals surface area contributed by atoms with Crippen molar-refractivity contribution in [3.63, 3.8) is 0 Å². The molecule has 3 nitrogen and oxygen atoms in total. The largest absolute Gasteiger partial charge is 0.488 e. The Hall–Kier alpha value is -2.55. The Kier molecular flexibility index (Phi) is 5.59. The maximum Gasteiger partial charge on any atom is 0.330 e. The van der Waals surface area contributed by atoms with Crippen molar-refractivity contribution in [1.29, 1.82) is 0 Å². The average Bonchev–Trinajstić information content (AvgIpc) is 2.53. The molecular weight excluding hydrogens is 264 g/mol. The molecule has 21 heavy (non-hydrogen) atoms. The number of hydrogen-bond acceptors (Lipinski definition) is 3. The minimum atomic E-state index is -0.352. The van der Waals surface area contributed by atoms with E-state index in [0.717, 1.165) is 16.9 Å². The van der Waals surface area contributed by atoms with E-state index < -0.39 is 0 Å². The summed E-state index contributed by atoms with van der Waals surface area (Å²) in [6.45, 7) is 2.64. The summed E-state index contributed by atoms with van der Waals surface area (Å²) >= 11 is 0. The van der Waals surface area contributed by atoms with Crippen molar-refractivity contribution in [3.8, 4) is 5.75 Å². The summed E-state index contributed by atoms with van der Waals surface area (Å²) in [6, 6.07) is 17.5. The van der Waals surface area contributed by atoms with Gasteiger partial charge in [-0.05, 0) is 24.6 Å². The molecule has 0 radical (unpaired) electrons. The number of carbonyl (C=O) groups excluding carboxylic acids is 1. The molecular formula is C18H18O3. The summed E-state index contributed by atoms with van der Waals surface area (Å²) < 4.78 is 10.7. The summed E-state index contributed by atoms with van der Waals surface area (Å²) in [4.78, 5) is 11.4. The van der Waals surface area contributed by atoms with Crippen LogP contribution in [0.5, 0.6) is 5.75 Å². The van der Waals surface area contributed by atoms with E-state index in [9.17, 15) is 4.79 Å². The standard InChI is InChI=1S/C18H18O3/c1-2-20-18(19)13-12-16-10-6-7-11-17(16)21-14-15-8-4-3-5-9-15/h3-13H,2,14H2,1H3. The molecule has 0 aliphatic rings. The van der Waals surface area contributed by atoms with Crippen LogP contribution in [0.4, 0.5) is 0 Å². The molecule has 0 unspecified atom stereocenters. The number of esters is 1. The molecule has 0 atom stereocenters. The van der Waals surface area contributed by atoms with Crippen LogP contribution in [0.2, 0.25) is 0 Å². The second-order valence-corrected chi connectivity index (χ2v) is 4.40. The molecule has 0 saturated heterocycles. The molecule has 0 spiro atoms. The highest BCUT2D eigenvalue weighted by Crippen LogP contribution is 2.20. The van der Waals surface area contributed by atoms with Gasteiger partial charge in [-0.1, -0.05) is 48.5 Å². The van der Waals surface area contributed by atoms with Gasteiger partial charge in [0, 0.05) is 11.6 Å². The predicted molar refractivity (Wildman–Crippen MR) is 82.9 cm³/mol. The molecule has 0 aromatic heterocycles. The fourth-order valence-electron chi connectivity index (χ4n) is 1.83. The molecule has 2 aromatic carbocycles. The first-order valence-electron chi connectivity index (χ1n) is 6.90. The zero-order valence-electron chi connectivity index (χ0n) is 12.0. The third-order valence-electron chi connectivity index (χ3n) is 2.84. The first-order valence-corrected chi connectivity index (χ1v) is 6.90. The van der Waals surface area contributed by atoms with Crippen LogP contribution < -0.4 is 4.74 Å². The van der Waals surface area contributed by atoms with Gasteiger partial charge in [0.25, 0.3) is 0 Å². The number of benzene rings is 2. The molecule has 0 N–H and O–H groups in total. The van der Waals surface area contributed by atoms with Crippen molar-refractivity contribution < 1.29 is 14.3 Å². The third kappa shape index (κ3) is 4.80. The Labute approximate surface area is 124 Å². The second kappa shape index (κ2) is 7.90. The van der Waals surface area contributed by atoms with Crippen molar-refractivity contribution in [2.24, 2.45) is 0 Å². The Balaban J connectivity index is 2.05. The summed E-state index contributed by atoms with van der Waals surface area (Å²) in [6.07, 6.45) is 3.12. The molecule has 0 amide bonds. The van der Waals surface area contributed by atoms with Crippen LogP contribution in [0.25, 0.3) is 6.08 Å². The van der Waals surface area contributed by atoms with Crippen molar-refractivity contribution in [3.05, 3.63) is 71.8 Å². The number of hydrogen-bond donors (Lipinski definition) is 0. The van der Waals surface area contributed by atoms with Crippen molar-refractivity contribution in [2.75, 3.05) is 6.61 Å². The first kappa shape index (κ1) is 14.9. The maximum atomic E-state index is 11.4. The lowest BCUT2D eigenvalue weighted by Crippen LogP contribution is -1.99. The van der Waals surface area contributed by atoms with Gasteiger partial charge in [0.2, 0.25) is 0 Å². The second-order valence-electron chi connectivity index (χ2n) is 4.40. The maximum absolute atomic E-state index is 11.4. The van der Waals surface area contributed by atoms with E-state index >= 15 is 0 Å². The van der Waals surface area contributed by atoms with Gasteiger partial charge in [0.1, 0.15) is 12.4 Å². The summed E-state index contributed by atoms with van der Waals surface area (Å²) in [5.74, 6) is 0.386. The Bertz CT molecular complexity index is 603. The van der Waals surface area contributed by atoms with E-state index in [4.69, 9.17) is 9.47 Å². The quantitative estimate of drug-likeness (QED) is 0.596. The van der Waals surface area contributed by atoms with E-state index in [0.29, 0.717) is 13.2 Å². The molecule has 2 aromatic rings. The molecule has 0 bridgehead atoms. The van der Waals surface area contributed by atoms with Gasteiger partial charge >= 0.3 is 5.97 Å². The highest BCUT2D eigenvalue weighted by Gasteiger charge is 2.02. The molecule has 0 saturated carbocycles. The van der Waals surface area contributed by atoms with E-state index in [1.807, 2.05) is 54.6 Å². The monoisotopic (exact) mass is 282 g/mol. The van der Waals surface area contributed by atoms with Crippen LogP contribution in [0.3, 0.4) is 0 Å². The van der Waals surface area contributed by atoms with Crippen LogP contribution in [-0.2, 0) is 16.1 Å². The SMILES string of the molecule is CCOC(=O)C=Cc1ccccc1OCc1ccccc1. The zero-order chi connectivity index (χ0) is 14.9. The van der Waals surface area contributed by atoms with E-state index in [2.05, 4.69) is 0 Å². The molecule has 2 rings (SSSR count). The Morgan fingerprint density at radius 3 is 2.52 bits per heavy atom. The molecule has 0 aliphatic heterocycles. The Morgan fingerprint density at radius 1 is 1.05 bits per heavy atom. The summed E-state index contributed by atoms with van der Waals surface area (Å²) in [5.41, 5.74) is 1.95. The average molecular weight is 282 g/mol. The van der Waals surface area contributed by atoms with Crippen LogP contribution in [0.15, 0.2) is 60.7 Å². The van der Waals surface area contributed by atoms with Gasteiger partial charge in [-0.25, -0.2) is 4.79 Å². The highest BCUT2D eigenvalue weighted by molar-refractivity contribution is 5.87. The predicted octanol–water partition coefficient (Wildman–Crippen LogP) is 3.84. The van der Waals surface area contributed by atoms with Gasteiger partial charge in [-0.2, -0.15) is 0 Å². The van der Waals surface area contributed by atoms with Gasteiger partial charge in [0.15, 0.2) is 0 Å². The molecule has 3 heteroatoms. The minimum Gasteiger partial charge on any atom is -0.488 e. The summed E-state index contributed by atoms with van der Waals surface area (Å²) in [7, 11) is 0. The number of carbonyl (C=O) groups is 1. The summed E-state index contributed by atoms with van der Waals surface area (Å²) in [5, 5.41) is 0. The van der Waals surface area contributed by atoms with Gasteiger partial charge in [-0.15, -0.1) is 0 Å². The Morgan fingerprint density at radius 2 is 1.76 bits per heavy atom. The minimum absolute atomic E-state index is 0.352. The topological polar surface area (TPSA) is 35.5 Å². The lowest BCUT2D eigenvalue weighted by atomic mass is 10.2. The van der Waals surface area contributed by atoms with Crippen molar-refractivity contribution in [1.82, 2.24) is 0 Å². The molecule has 0 fully saturated rings. The third-order valence-corrected chi connectivity index (χ3v) is 2.84. The number of ether oxygens (including phenoxy) is 2. The van der Waals surface area contributed by atoms with Gasteiger partial charge in [-0.3, -0.25) is 0 Å². The smallest absolute Gasteiger partial charge is 0.330 e. The number of para-hydroxylation sites is 1. The van der Waals surface area contributed by atoms with Crippen LogP contribution in [-0.4, -0.2) is 12.6 Å². The normalized spacial score (nSPS) is 10.5.